The molecule has 1 atom stereocenters. The van der Waals surface area contributed by atoms with Crippen molar-refractivity contribution in [3.05, 3.63) is 28.8 Å². The Morgan fingerprint density at radius 2 is 2.04 bits per heavy atom. The number of carbonyl (C=O) groups is 2. The molecule has 0 unspecified atom stereocenters. The van der Waals surface area contributed by atoms with Gasteiger partial charge in [-0.15, -0.1) is 0 Å². The van der Waals surface area contributed by atoms with E-state index >= 15 is 0 Å². The second kappa shape index (κ2) is 9.82. The minimum atomic E-state index is -0.611. The van der Waals surface area contributed by atoms with Gasteiger partial charge in [-0.3, -0.25) is 9.59 Å². The third kappa shape index (κ3) is 5.77. The Morgan fingerprint density at radius 3 is 2.62 bits per heavy atom. The van der Waals surface area contributed by atoms with Crippen LogP contribution in [-0.2, 0) is 9.59 Å². The molecule has 1 aromatic rings. The molecule has 2 amide bonds. The van der Waals surface area contributed by atoms with Crippen LogP contribution in [0.1, 0.15) is 26.3 Å². The van der Waals surface area contributed by atoms with E-state index in [0.29, 0.717) is 35.2 Å². The number of benzene rings is 1. The molecular weight excluding hydrogens is 332 g/mol. The number of hydrogen-bond acceptors (Lipinski definition) is 4. The number of nitrogens with one attached hydrogen (secondary N) is 2. The van der Waals surface area contributed by atoms with Gasteiger partial charge in [-0.25, -0.2) is 0 Å². The number of methoxy groups -OCH3 is 1. The Morgan fingerprint density at radius 1 is 1.33 bits per heavy atom. The van der Waals surface area contributed by atoms with E-state index in [1.807, 2.05) is 13.8 Å². The molecule has 0 aliphatic heterocycles. The van der Waals surface area contributed by atoms with Gasteiger partial charge in [0, 0.05) is 12.6 Å². The summed E-state index contributed by atoms with van der Waals surface area (Å²) in [6.07, 6.45) is 2.92. The smallest absolute Gasteiger partial charge is 0.244 e. The summed E-state index contributed by atoms with van der Waals surface area (Å²) in [6.45, 7) is 6.26. The van der Waals surface area contributed by atoms with Crippen molar-refractivity contribution >= 4 is 29.5 Å². The van der Waals surface area contributed by atoms with Gasteiger partial charge < -0.3 is 20.1 Å². The number of hydrogen-bond donors (Lipinski definition) is 2. The fourth-order valence-electron chi connectivity index (χ4n) is 1.95. The average Bonchev–Trinajstić information content (AvgIpc) is 2.55. The highest BCUT2D eigenvalue weighted by atomic mass is 35.5. The molecule has 24 heavy (non-hydrogen) atoms. The van der Waals surface area contributed by atoms with Crippen LogP contribution in [-0.4, -0.2) is 38.1 Å². The largest absolute Gasteiger partial charge is 0.493 e. The van der Waals surface area contributed by atoms with E-state index in [0.717, 1.165) is 0 Å². The molecule has 6 nitrogen and oxygen atoms in total. The first-order valence-corrected chi connectivity index (χ1v) is 8.07. The molecule has 0 fully saturated rings. The maximum Gasteiger partial charge on any atom is 0.244 e. The van der Waals surface area contributed by atoms with Crippen LogP contribution >= 0.6 is 11.6 Å². The number of likely N-dealkylation sites (N-methyl/N-ethyl adjacent to an activating group) is 1. The summed E-state index contributed by atoms with van der Waals surface area (Å²) in [4.78, 5) is 23.5. The van der Waals surface area contributed by atoms with Gasteiger partial charge >= 0.3 is 0 Å². The number of carbonyl (C=O) groups excluding carboxylic acids is 2. The van der Waals surface area contributed by atoms with Crippen LogP contribution in [0, 0.1) is 0 Å². The van der Waals surface area contributed by atoms with Gasteiger partial charge in [0.05, 0.1) is 18.7 Å². The summed E-state index contributed by atoms with van der Waals surface area (Å²) in [7, 11) is 1.52. The fraction of sp³-hybridized carbons (Fsp3) is 0.412. The van der Waals surface area contributed by atoms with Crippen molar-refractivity contribution in [1.82, 2.24) is 10.6 Å². The van der Waals surface area contributed by atoms with E-state index in [-0.39, 0.29) is 11.8 Å². The third-order valence-corrected chi connectivity index (χ3v) is 3.35. The minimum absolute atomic E-state index is 0.231. The predicted molar refractivity (Wildman–Crippen MR) is 94.5 cm³/mol. The van der Waals surface area contributed by atoms with Crippen LogP contribution in [0.3, 0.4) is 0 Å². The maximum atomic E-state index is 11.9. The SMILES string of the molecule is CCNC(=O)[C@@H](C)NC(=O)/C=C/c1cc(Cl)c(OCC)c(OC)c1. The van der Waals surface area contributed by atoms with E-state index in [1.165, 1.54) is 13.2 Å². The Balaban J connectivity index is 2.81. The zero-order valence-electron chi connectivity index (χ0n) is 14.3. The molecule has 7 heteroatoms. The van der Waals surface area contributed by atoms with Gasteiger partial charge in [0.15, 0.2) is 11.5 Å². The Labute approximate surface area is 147 Å². The standard InChI is InChI=1S/C17H23ClN2O4/c1-5-19-17(22)11(3)20-15(21)8-7-12-9-13(18)16(24-6-2)14(10-12)23-4/h7-11H,5-6H2,1-4H3,(H,19,22)(H,20,21)/b8-7+/t11-/m1/s1. The molecule has 132 valence electrons. The zero-order valence-corrected chi connectivity index (χ0v) is 15.1. The van der Waals surface area contributed by atoms with E-state index in [9.17, 15) is 9.59 Å². The number of amides is 2. The average molecular weight is 355 g/mol. The molecule has 0 saturated heterocycles. The van der Waals surface area contributed by atoms with Gasteiger partial charge in [0.2, 0.25) is 11.8 Å². The lowest BCUT2D eigenvalue weighted by Gasteiger charge is -2.12. The van der Waals surface area contributed by atoms with Crippen molar-refractivity contribution in [3.63, 3.8) is 0 Å². The van der Waals surface area contributed by atoms with E-state index in [1.54, 1.807) is 25.1 Å². The molecule has 0 aliphatic carbocycles. The summed E-state index contributed by atoms with van der Waals surface area (Å²) in [5, 5.41) is 5.62. The van der Waals surface area contributed by atoms with Gasteiger partial charge in [-0.2, -0.15) is 0 Å². The Bertz CT molecular complexity index is 617. The highest BCUT2D eigenvalue weighted by molar-refractivity contribution is 6.32. The highest BCUT2D eigenvalue weighted by Crippen LogP contribution is 2.36. The van der Waals surface area contributed by atoms with Crippen molar-refractivity contribution in [2.45, 2.75) is 26.8 Å². The van der Waals surface area contributed by atoms with Crippen molar-refractivity contribution in [3.8, 4) is 11.5 Å². The summed E-state index contributed by atoms with van der Waals surface area (Å²) < 4.78 is 10.7. The summed E-state index contributed by atoms with van der Waals surface area (Å²) in [5.41, 5.74) is 0.682. The molecule has 1 aromatic carbocycles. The van der Waals surface area contributed by atoms with E-state index < -0.39 is 6.04 Å². The van der Waals surface area contributed by atoms with Gasteiger partial charge in [0.25, 0.3) is 0 Å². The predicted octanol–water partition coefficient (Wildman–Crippen LogP) is 2.40. The second-order valence-corrected chi connectivity index (χ2v) is 5.33. The van der Waals surface area contributed by atoms with E-state index in [2.05, 4.69) is 10.6 Å². The first kappa shape index (κ1) is 19.8. The lowest BCUT2D eigenvalue weighted by atomic mass is 10.2. The molecule has 0 radical (unpaired) electrons. The van der Waals surface area contributed by atoms with Crippen LogP contribution in [0.4, 0.5) is 0 Å². The quantitative estimate of drug-likeness (QED) is 0.703. The maximum absolute atomic E-state index is 11.9. The number of ether oxygens (including phenoxy) is 2. The molecule has 1 rings (SSSR count). The number of rotatable bonds is 8. The lowest BCUT2D eigenvalue weighted by molar-refractivity contribution is -0.126. The third-order valence-electron chi connectivity index (χ3n) is 3.07. The molecule has 0 saturated carbocycles. The molecular formula is C17H23ClN2O4. The minimum Gasteiger partial charge on any atom is -0.493 e. The fourth-order valence-corrected chi connectivity index (χ4v) is 2.22. The first-order valence-electron chi connectivity index (χ1n) is 7.69. The Kier molecular flexibility index (Phi) is 8.12. The number of halogens is 1. The van der Waals surface area contributed by atoms with Crippen molar-refractivity contribution in [1.29, 1.82) is 0 Å². The molecule has 0 heterocycles. The summed E-state index contributed by atoms with van der Waals surface area (Å²) in [5.74, 6) is 0.344. The van der Waals surface area contributed by atoms with Gasteiger partial charge in [0.1, 0.15) is 6.04 Å². The molecule has 0 spiro atoms. The van der Waals surface area contributed by atoms with Gasteiger partial charge in [-0.05, 0) is 44.5 Å². The van der Waals surface area contributed by atoms with Crippen molar-refractivity contribution in [2.24, 2.45) is 0 Å². The monoisotopic (exact) mass is 354 g/mol. The summed E-state index contributed by atoms with van der Waals surface area (Å²) in [6, 6.07) is 2.78. The van der Waals surface area contributed by atoms with Crippen LogP contribution in [0.15, 0.2) is 18.2 Å². The lowest BCUT2D eigenvalue weighted by Crippen LogP contribution is -2.44. The highest BCUT2D eigenvalue weighted by Gasteiger charge is 2.13. The van der Waals surface area contributed by atoms with Crippen LogP contribution < -0.4 is 20.1 Å². The molecule has 0 aliphatic rings. The second-order valence-electron chi connectivity index (χ2n) is 4.93. The molecule has 0 aromatic heterocycles. The van der Waals surface area contributed by atoms with Crippen molar-refractivity contribution < 1.29 is 19.1 Å². The van der Waals surface area contributed by atoms with Crippen LogP contribution in [0.25, 0.3) is 6.08 Å². The van der Waals surface area contributed by atoms with E-state index in [4.69, 9.17) is 21.1 Å². The normalized spacial score (nSPS) is 11.9. The first-order chi connectivity index (χ1) is 11.4. The zero-order chi connectivity index (χ0) is 18.1. The summed E-state index contributed by atoms with van der Waals surface area (Å²) >= 11 is 6.18. The van der Waals surface area contributed by atoms with Crippen molar-refractivity contribution in [2.75, 3.05) is 20.3 Å². The molecule has 2 N–H and O–H groups in total. The molecule has 0 bridgehead atoms. The van der Waals surface area contributed by atoms with Gasteiger partial charge in [-0.1, -0.05) is 11.6 Å². The van der Waals surface area contributed by atoms with Crippen LogP contribution in [0.2, 0.25) is 5.02 Å². The Hall–Kier alpha value is -2.21. The van der Waals surface area contributed by atoms with Crippen LogP contribution in [0.5, 0.6) is 11.5 Å². The topological polar surface area (TPSA) is 76.7 Å².